The van der Waals surface area contributed by atoms with Crippen molar-refractivity contribution in [3.63, 3.8) is 0 Å². The minimum atomic E-state index is 0.149. The Kier molecular flexibility index (Phi) is 3.35. The van der Waals surface area contributed by atoms with E-state index in [2.05, 4.69) is 27.8 Å². The highest BCUT2D eigenvalue weighted by Gasteiger charge is 2.23. The van der Waals surface area contributed by atoms with E-state index >= 15 is 0 Å². The van der Waals surface area contributed by atoms with Gasteiger partial charge >= 0.3 is 0 Å². The number of H-pyrrole nitrogens is 1. The topological polar surface area (TPSA) is 36.1 Å². The Morgan fingerprint density at radius 2 is 2.32 bits per heavy atom. The second-order valence-corrected chi connectivity index (χ2v) is 6.31. The molecule has 2 aromatic rings. The highest BCUT2D eigenvalue weighted by Crippen LogP contribution is 2.25. The van der Waals surface area contributed by atoms with Crippen molar-refractivity contribution in [3.05, 3.63) is 34.4 Å². The molecular weight excluding hydrogens is 304 g/mol. The largest absolute Gasteiger partial charge is 0.360 e. The summed E-state index contributed by atoms with van der Waals surface area (Å²) in [6.07, 6.45) is 4.17. The highest BCUT2D eigenvalue weighted by atomic mass is 79.9. The van der Waals surface area contributed by atoms with Crippen LogP contribution in [-0.2, 0) is 0 Å². The van der Waals surface area contributed by atoms with Gasteiger partial charge in [0.25, 0.3) is 5.91 Å². The van der Waals surface area contributed by atoms with Crippen LogP contribution in [0.1, 0.15) is 30.1 Å². The van der Waals surface area contributed by atoms with Gasteiger partial charge in [-0.3, -0.25) is 4.79 Å². The summed E-state index contributed by atoms with van der Waals surface area (Å²) in [6.45, 7) is 3.97. The SMILES string of the molecule is C[C@H]1CCCN(C(=O)c2c[nH]c3ccc(Br)cc23)C1. The van der Waals surface area contributed by atoms with Crippen molar-refractivity contribution in [1.29, 1.82) is 0 Å². The van der Waals surface area contributed by atoms with Crippen LogP contribution in [0, 0.1) is 5.92 Å². The average molecular weight is 321 g/mol. The standard InChI is InChI=1S/C15H17BrN2O/c1-10-3-2-6-18(9-10)15(19)13-8-17-14-5-4-11(16)7-12(13)14/h4-5,7-8,10,17H,2-3,6,9H2,1H3/t10-/m0/s1. The number of likely N-dealkylation sites (tertiary alicyclic amines) is 1. The van der Waals surface area contributed by atoms with Gasteiger partial charge in [-0.2, -0.15) is 0 Å². The van der Waals surface area contributed by atoms with Crippen molar-refractivity contribution in [2.75, 3.05) is 13.1 Å². The Labute approximate surface area is 121 Å². The summed E-state index contributed by atoms with van der Waals surface area (Å²) in [5.41, 5.74) is 1.79. The van der Waals surface area contributed by atoms with E-state index < -0.39 is 0 Å². The van der Waals surface area contributed by atoms with Gasteiger partial charge in [0.1, 0.15) is 0 Å². The molecule has 4 heteroatoms. The number of piperidine rings is 1. The van der Waals surface area contributed by atoms with Crippen LogP contribution in [0.5, 0.6) is 0 Å². The first kappa shape index (κ1) is 12.7. The third-order valence-electron chi connectivity index (χ3n) is 3.82. The first-order valence-corrected chi connectivity index (χ1v) is 7.50. The smallest absolute Gasteiger partial charge is 0.256 e. The lowest BCUT2D eigenvalue weighted by atomic mass is 9.99. The molecule has 19 heavy (non-hydrogen) atoms. The molecule has 1 N–H and O–H groups in total. The van der Waals surface area contributed by atoms with E-state index in [1.54, 1.807) is 0 Å². The zero-order valence-electron chi connectivity index (χ0n) is 10.9. The van der Waals surface area contributed by atoms with Gasteiger partial charge in [0.2, 0.25) is 0 Å². The molecule has 2 heterocycles. The number of carbonyl (C=O) groups is 1. The molecule has 0 spiro atoms. The molecule has 0 unspecified atom stereocenters. The number of amides is 1. The maximum atomic E-state index is 12.6. The van der Waals surface area contributed by atoms with Gasteiger partial charge in [0.05, 0.1) is 5.56 Å². The molecule has 3 nitrogen and oxygen atoms in total. The number of aromatic amines is 1. The van der Waals surface area contributed by atoms with E-state index in [0.29, 0.717) is 5.92 Å². The second kappa shape index (κ2) is 5.00. The Hall–Kier alpha value is -1.29. The fraction of sp³-hybridized carbons (Fsp3) is 0.400. The Bertz CT molecular complexity index is 620. The van der Waals surface area contributed by atoms with Gasteiger partial charge in [0.15, 0.2) is 0 Å². The Morgan fingerprint density at radius 1 is 1.47 bits per heavy atom. The molecule has 100 valence electrons. The van der Waals surface area contributed by atoms with Crippen LogP contribution >= 0.6 is 15.9 Å². The molecule has 1 aliphatic heterocycles. The predicted octanol–water partition coefficient (Wildman–Crippen LogP) is 3.80. The van der Waals surface area contributed by atoms with E-state index in [9.17, 15) is 4.79 Å². The van der Waals surface area contributed by atoms with E-state index in [1.807, 2.05) is 29.3 Å². The summed E-state index contributed by atoms with van der Waals surface area (Å²) >= 11 is 3.47. The van der Waals surface area contributed by atoms with Crippen LogP contribution in [0.25, 0.3) is 10.9 Å². The second-order valence-electron chi connectivity index (χ2n) is 5.39. The molecule has 1 fully saturated rings. The zero-order valence-corrected chi connectivity index (χ0v) is 12.5. The minimum Gasteiger partial charge on any atom is -0.360 e. The van der Waals surface area contributed by atoms with Crippen LogP contribution in [0.3, 0.4) is 0 Å². The summed E-state index contributed by atoms with van der Waals surface area (Å²) in [5.74, 6) is 0.755. The highest BCUT2D eigenvalue weighted by molar-refractivity contribution is 9.10. The minimum absolute atomic E-state index is 0.149. The van der Waals surface area contributed by atoms with E-state index in [4.69, 9.17) is 0 Å². The third kappa shape index (κ3) is 2.41. The number of hydrogen-bond acceptors (Lipinski definition) is 1. The van der Waals surface area contributed by atoms with Crippen LogP contribution in [-0.4, -0.2) is 28.9 Å². The van der Waals surface area contributed by atoms with Gasteiger partial charge < -0.3 is 9.88 Å². The summed E-state index contributed by atoms with van der Waals surface area (Å²) in [7, 11) is 0. The normalized spacial score (nSPS) is 19.9. The van der Waals surface area contributed by atoms with E-state index in [0.717, 1.165) is 40.4 Å². The molecule has 0 aliphatic carbocycles. The number of hydrogen-bond donors (Lipinski definition) is 1. The first-order chi connectivity index (χ1) is 9.15. The lowest BCUT2D eigenvalue weighted by Gasteiger charge is -2.30. The van der Waals surface area contributed by atoms with Gasteiger partial charge in [-0.15, -0.1) is 0 Å². The number of rotatable bonds is 1. The summed E-state index contributed by atoms with van der Waals surface area (Å²) < 4.78 is 1.00. The average Bonchev–Trinajstić information content (AvgIpc) is 2.80. The fourth-order valence-electron chi connectivity index (χ4n) is 2.81. The van der Waals surface area contributed by atoms with Crippen LogP contribution in [0.15, 0.2) is 28.9 Å². The molecule has 1 aromatic heterocycles. The summed E-state index contributed by atoms with van der Waals surface area (Å²) in [4.78, 5) is 17.8. The van der Waals surface area contributed by atoms with Crippen molar-refractivity contribution < 1.29 is 4.79 Å². The van der Waals surface area contributed by atoms with Crippen LogP contribution < -0.4 is 0 Å². The van der Waals surface area contributed by atoms with Crippen molar-refractivity contribution in [2.24, 2.45) is 5.92 Å². The number of nitrogens with one attached hydrogen (secondary N) is 1. The third-order valence-corrected chi connectivity index (χ3v) is 4.31. The maximum absolute atomic E-state index is 12.6. The van der Waals surface area contributed by atoms with Gasteiger partial charge in [-0.1, -0.05) is 22.9 Å². The number of nitrogens with zero attached hydrogens (tertiary/aromatic N) is 1. The fourth-order valence-corrected chi connectivity index (χ4v) is 3.18. The van der Waals surface area contributed by atoms with Crippen molar-refractivity contribution in [1.82, 2.24) is 9.88 Å². The van der Waals surface area contributed by atoms with Gasteiger partial charge in [-0.05, 0) is 37.0 Å². The molecule has 1 amide bonds. The molecule has 0 bridgehead atoms. The lowest BCUT2D eigenvalue weighted by molar-refractivity contribution is 0.0685. The Balaban J connectivity index is 1.95. The molecule has 1 saturated heterocycles. The molecule has 1 atom stereocenters. The van der Waals surface area contributed by atoms with E-state index in [1.165, 1.54) is 6.42 Å². The van der Waals surface area contributed by atoms with Gasteiger partial charge in [0, 0.05) is 34.7 Å². The van der Waals surface area contributed by atoms with Gasteiger partial charge in [-0.25, -0.2) is 0 Å². The molecule has 1 aliphatic rings. The molecule has 0 saturated carbocycles. The number of fused-ring (bicyclic) bond motifs is 1. The maximum Gasteiger partial charge on any atom is 0.256 e. The van der Waals surface area contributed by atoms with Crippen molar-refractivity contribution in [3.8, 4) is 0 Å². The predicted molar refractivity (Wildman–Crippen MR) is 80.3 cm³/mol. The molecular formula is C15H17BrN2O. The first-order valence-electron chi connectivity index (χ1n) is 6.71. The van der Waals surface area contributed by atoms with Crippen LogP contribution in [0.2, 0.25) is 0 Å². The Morgan fingerprint density at radius 3 is 3.11 bits per heavy atom. The lowest BCUT2D eigenvalue weighted by Crippen LogP contribution is -2.39. The molecule has 1 aromatic carbocycles. The number of halogens is 1. The number of benzene rings is 1. The quantitative estimate of drug-likeness (QED) is 0.852. The molecule has 3 rings (SSSR count). The van der Waals surface area contributed by atoms with E-state index in [-0.39, 0.29) is 5.91 Å². The zero-order chi connectivity index (χ0) is 13.4. The number of aromatic nitrogens is 1. The monoisotopic (exact) mass is 320 g/mol. The van der Waals surface area contributed by atoms with Crippen molar-refractivity contribution in [2.45, 2.75) is 19.8 Å². The van der Waals surface area contributed by atoms with Crippen LogP contribution in [0.4, 0.5) is 0 Å². The summed E-state index contributed by atoms with van der Waals surface area (Å²) in [6, 6.07) is 5.98. The number of carbonyl (C=O) groups excluding carboxylic acids is 1. The molecule has 0 radical (unpaired) electrons. The van der Waals surface area contributed by atoms with Crippen molar-refractivity contribution >= 4 is 32.7 Å². The summed E-state index contributed by atoms with van der Waals surface area (Å²) in [5, 5.41) is 0.998.